The molecule has 1 rings (SSSR count). The Morgan fingerprint density at radius 1 is 1.32 bits per heavy atom. The summed E-state index contributed by atoms with van der Waals surface area (Å²) in [6, 6.07) is 5.73. The number of carbonyl (C=O) groups excluding carboxylic acids is 1. The predicted molar refractivity (Wildman–Crippen MR) is 73.1 cm³/mol. The van der Waals surface area contributed by atoms with Crippen molar-refractivity contribution in [3.8, 4) is 0 Å². The average molecular weight is 266 g/mol. The SMILES string of the molecule is CN(C)CCNCC(=O)Nc1ccc([N+](=O)[O-])cc1. The Hall–Kier alpha value is -1.99. The zero-order valence-corrected chi connectivity index (χ0v) is 11.0. The number of hydrogen-bond donors (Lipinski definition) is 2. The highest BCUT2D eigenvalue weighted by Gasteiger charge is 2.06. The van der Waals surface area contributed by atoms with Crippen LogP contribution in [-0.2, 0) is 4.79 Å². The molecule has 0 atom stereocenters. The summed E-state index contributed by atoms with van der Waals surface area (Å²) in [7, 11) is 3.91. The first kappa shape index (κ1) is 15.1. The summed E-state index contributed by atoms with van der Waals surface area (Å²) >= 11 is 0. The number of hydrogen-bond acceptors (Lipinski definition) is 5. The molecular weight excluding hydrogens is 248 g/mol. The molecule has 0 fully saturated rings. The lowest BCUT2D eigenvalue weighted by Crippen LogP contribution is -2.33. The second kappa shape index (κ2) is 7.45. The number of benzene rings is 1. The number of non-ortho nitro benzene ring substituents is 1. The quantitative estimate of drug-likeness (QED) is 0.430. The molecule has 7 heteroatoms. The van der Waals surface area contributed by atoms with Crippen molar-refractivity contribution in [1.82, 2.24) is 10.2 Å². The fourth-order valence-electron chi connectivity index (χ4n) is 1.38. The van der Waals surface area contributed by atoms with E-state index in [1.54, 1.807) is 0 Å². The summed E-state index contributed by atoms with van der Waals surface area (Å²) in [5.74, 6) is -0.174. The minimum absolute atomic E-state index is 0.00195. The maximum Gasteiger partial charge on any atom is 0.269 e. The third kappa shape index (κ3) is 5.94. The van der Waals surface area contributed by atoms with Crippen molar-refractivity contribution in [2.75, 3.05) is 39.0 Å². The monoisotopic (exact) mass is 266 g/mol. The Kier molecular flexibility index (Phi) is 5.91. The highest BCUT2D eigenvalue weighted by atomic mass is 16.6. The molecule has 0 saturated heterocycles. The first-order valence-corrected chi connectivity index (χ1v) is 5.89. The molecule has 0 aliphatic carbocycles. The molecule has 19 heavy (non-hydrogen) atoms. The van der Waals surface area contributed by atoms with Gasteiger partial charge in [0.05, 0.1) is 11.5 Å². The topological polar surface area (TPSA) is 87.5 Å². The van der Waals surface area contributed by atoms with Crippen LogP contribution in [-0.4, -0.2) is 49.5 Å². The van der Waals surface area contributed by atoms with E-state index in [2.05, 4.69) is 10.6 Å². The largest absolute Gasteiger partial charge is 0.325 e. The van der Waals surface area contributed by atoms with Crippen LogP contribution in [0.4, 0.5) is 11.4 Å². The normalized spacial score (nSPS) is 10.5. The summed E-state index contributed by atoms with van der Waals surface area (Å²) in [6.45, 7) is 1.79. The van der Waals surface area contributed by atoms with Gasteiger partial charge in [-0.1, -0.05) is 0 Å². The smallest absolute Gasteiger partial charge is 0.269 e. The van der Waals surface area contributed by atoms with E-state index in [9.17, 15) is 14.9 Å². The number of likely N-dealkylation sites (N-methyl/N-ethyl adjacent to an activating group) is 1. The molecule has 7 nitrogen and oxygen atoms in total. The molecule has 0 aromatic heterocycles. The number of amides is 1. The Balaban J connectivity index is 2.34. The number of nitro groups is 1. The van der Waals surface area contributed by atoms with Crippen LogP contribution in [0.3, 0.4) is 0 Å². The van der Waals surface area contributed by atoms with E-state index in [0.29, 0.717) is 5.69 Å². The van der Waals surface area contributed by atoms with Gasteiger partial charge in [0.15, 0.2) is 0 Å². The van der Waals surface area contributed by atoms with Crippen molar-refractivity contribution >= 4 is 17.3 Å². The Labute approximate surface area is 111 Å². The van der Waals surface area contributed by atoms with Crippen LogP contribution < -0.4 is 10.6 Å². The Bertz CT molecular complexity index is 431. The number of nitrogens with one attached hydrogen (secondary N) is 2. The summed E-state index contributed by atoms with van der Waals surface area (Å²) in [5, 5.41) is 16.1. The number of nitrogens with zero attached hydrogens (tertiary/aromatic N) is 2. The zero-order valence-electron chi connectivity index (χ0n) is 11.0. The number of rotatable bonds is 7. The number of nitro benzene ring substituents is 1. The molecule has 0 bridgehead atoms. The highest BCUT2D eigenvalue weighted by molar-refractivity contribution is 5.92. The van der Waals surface area contributed by atoms with Crippen LogP contribution in [0.2, 0.25) is 0 Å². The third-order valence-corrected chi connectivity index (χ3v) is 2.38. The number of anilines is 1. The van der Waals surface area contributed by atoms with Gasteiger partial charge in [-0.05, 0) is 26.2 Å². The second-order valence-electron chi connectivity index (χ2n) is 4.33. The second-order valence-corrected chi connectivity index (χ2v) is 4.33. The standard InChI is InChI=1S/C12H18N4O3/c1-15(2)8-7-13-9-12(17)14-10-3-5-11(6-4-10)16(18)19/h3-6,13H,7-9H2,1-2H3,(H,14,17). The Morgan fingerprint density at radius 3 is 2.47 bits per heavy atom. The molecule has 0 radical (unpaired) electrons. The van der Waals surface area contributed by atoms with E-state index >= 15 is 0 Å². The fraction of sp³-hybridized carbons (Fsp3) is 0.417. The van der Waals surface area contributed by atoms with E-state index in [4.69, 9.17) is 0 Å². The number of carbonyl (C=O) groups is 1. The molecule has 2 N–H and O–H groups in total. The minimum atomic E-state index is -0.478. The maximum atomic E-state index is 11.6. The third-order valence-electron chi connectivity index (χ3n) is 2.38. The maximum absolute atomic E-state index is 11.6. The van der Waals surface area contributed by atoms with Gasteiger partial charge in [0, 0.05) is 30.9 Å². The van der Waals surface area contributed by atoms with Gasteiger partial charge >= 0.3 is 0 Å². The van der Waals surface area contributed by atoms with Gasteiger partial charge in [-0.25, -0.2) is 0 Å². The van der Waals surface area contributed by atoms with Crippen LogP contribution in [0.15, 0.2) is 24.3 Å². The van der Waals surface area contributed by atoms with Crippen molar-refractivity contribution in [1.29, 1.82) is 0 Å². The first-order valence-electron chi connectivity index (χ1n) is 5.89. The van der Waals surface area contributed by atoms with Crippen LogP contribution in [0.5, 0.6) is 0 Å². The zero-order chi connectivity index (χ0) is 14.3. The molecular formula is C12H18N4O3. The molecule has 0 aliphatic heterocycles. The van der Waals surface area contributed by atoms with Gasteiger partial charge in [0.25, 0.3) is 5.69 Å². The molecule has 0 unspecified atom stereocenters. The highest BCUT2D eigenvalue weighted by Crippen LogP contribution is 2.14. The summed E-state index contributed by atoms with van der Waals surface area (Å²) in [5.41, 5.74) is 0.548. The first-order chi connectivity index (χ1) is 8.99. The van der Waals surface area contributed by atoms with Crippen LogP contribution >= 0.6 is 0 Å². The van der Waals surface area contributed by atoms with Crippen LogP contribution in [0.1, 0.15) is 0 Å². The molecule has 0 aliphatic rings. The minimum Gasteiger partial charge on any atom is -0.325 e. The lowest BCUT2D eigenvalue weighted by molar-refractivity contribution is -0.384. The lowest BCUT2D eigenvalue weighted by atomic mass is 10.3. The van der Waals surface area contributed by atoms with E-state index in [1.165, 1.54) is 24.3 Å². The van der Waals surface area contributed by atoms with Crippen molar-refractivity contribution in [3.05, 3.63) is 34.4 Å². The van der Waals surface area contributed by atoms with Crippen molar-refractivity contribution < 1.29 is 9.72 Å². The van der Waals surface area contributed by atoms with E-state index in [0.717, 1.165) is 13.1 Å². The van der Waals surface area contributed by atoms with Gasteiger partial charge < -0.3 is 15.5 Å². The molecule has 1 amide bonds. The molecule has 0 saturated carbocycles. The van der Waals surface area contributed by atoms with Gasteiger partial charge in [-0.15, -0.1) is 0 Å². The summed E-state index contributed by atoms with van der Waals surface area (Å²) < 4.78 is 0. The van der Waals surface area contributed by atoms with Gasteiger partial charge in [0.1, 0.15) is 0 Å². The van der Waals surface area contributed by atoms with Crippen molar-refractivity contribution in [2.24, 2.45) is 0 Å². The summed E-state index contributed by atoms with van der Waals surface area (Å²) in [6.07, 6.45) is 0. The molecule has 1 aromatic rings. The molecule has 0 heterocycles. The molecule has 1 aromatic carbocycles. The van der Waals surface area contributed by atoms with Crippen molar-refractivity contribution in [2.45, 2.75) is 0 Å². The van der Waals surface area contributed by atoms with Gasteiger partial charge in [0.2, 0.25) is 5.91 Å². The molecule has 0 spiro atoms. The summed E-state index contributed by atoms with van der Waals surface area (Å²) in [4.78, 5) is 23.6. The fourth-order valence-corrected chi connectivity index (χ4v) is 1.38. The van der Waals surface area contributed by atoms with E-state index < -0.39 is 4.92 Å². The van der Waals surface area contributed by atoms with Crippen LogP contribution in [0, 0.1) is 10.1 Å². The average Bonchev–Trinajstić information content (AvgIpc) is 2.35. The lowest BCUT2D eigenvalue weighted by Gasteiger charge is -2.10. The van der Waals surface area contributed by atoms with E-state index in [1.807, 2.05) is 19.0 Å². The Morgan fingerprint density at radius 2 is 1.95 bits per heavy atom. The van der Waals surface area contributed by atoms with Crippen LogP contribution in [0.25, 0.3) is 0 Å². The van der Waals surface area contributed by atoms with Gasteiger partial charge in [-0.3, -0.25) is 14.9 Å². The van der Waals surface area contributed by atoms with Crippen molar-refractivity contribution in [3.63, 3.8) is 0 Å². The van der Waals surface area contributed by atoms with Gasteiger partial charge in [-0.2, -0.15) is 0 Å². The van der Waals surface area contributed by atoms with E-state index in [-0.39, 0.29) is 18.1 Å². The predicted octanol–water partition coefficient (Wildman–Crippen LogP) is 0.685. The molecule has 104 valence electrons.